The number of nitrogens with zero attached hydrogens (tertiary/aromatic N) is 1. The summed E-state index contributed by atoms with van der Waals surface area (Å²) in [6.45, 7) is 9.42. The van der Waals surface area contributed by atoms with Gasteiger partial charge in [0.15, 0.2) is 0 Å². The third kappa shape index (κ3) is 30.2. The molecule has 0 aromatic heterocycles. The molecule has 0 aromatic rings. The number of ether oxygens (including phenoxy) is 1. The van der Waals surface area contributed by atoms with Crippen molar-refractivity contribution >= 4 is 23.5 Å². The van der Waals surface area contributed by atoms with Crippen LogP contribution in [-0.4, -0.2) is 67.9 Å². The summed E-state index contributed by atoms with van der Waals surface area (Å²) in [5, 5.41) is 12.1. The van der Waals surface area contributed by atoms with Gasteiger partial charge in [0.05, 0.1) is 0 Å². The number of hydrogen-bond acceptors (Lipinski definition) is 5. The maximum atomic E-state index is 10.3. The van der Waals surface area contributed by atoms with E-state index >= 15 is 0 Å². The van der Waals surface area contributed by atoms with E-state index in [1.54, 1.807) is 12.7 Å². The van der Waals surface area contributed by atoms with Gasteiger partial charge in [-0.1, -0.05) is 142 Å². The summed E-state index contributed by atoms with van der Waals surface area (Å²) in [6, 6.07) is 0. The van der Waals surface area contributed by atoms with Crippen LogP contribution in [0.15, 0.2) is 11.6 Å². The second kappa shape index (κ2) is 37.9. The molecule has 0 spiro atoms. The van der Waals surface area contributed by atoms with Crippen molar-refractivity contribution in [1.29, 1.82) is 0 Å². The van der Waals surface area contributed by atoms with Crippen molar-refractivity contribution in [2.75, 3.05) is 52.5 Å². The van der Waals surface area contributed by atoms with Crippen molar-refractivity contribution in [2.45, 2.75) is 198 Å². The minimum Gasteiger partial charge on any atom is -0.854 e. The topological polar surface area (TPSA) is 35.5 Å². The number of methoxy groups -OCH3 is 1. The summed E-state index contributed by atoms with van der Waals surface area (Å²) in [4.78, 5) is 2.34. The Balaban J connectivity index is 0.000000951. The van der Waals surface area contributed by atoms with Gasteiger partial charge in [0.25, 0.3) is 0 Å². The van der Waals surface area contributed by atoms with Crippen molar-refractivity contribution in [3.05, 3.63) is 11.6 Å². The maximum absolute atomic E-state index is 10.3. The van der Waals surface area contributed by atoms with E-state index < -0.39 is 0 Å². The summed E-state index contributed by atoms with van der Waals surface area (Å²) in [5.74, 6) is 5.22. The predicted octanol–water partition coefficient (Wildman–Crippen LogP) is 9.75. The fourth-order valence-electron chi connectivity index (χ4n) is 7.55. The van der Waals surface area contributed by atoms with Crippen molar-refractivity contribution in [3.8, 4) is 0 Å². The van der Waals surface area contributed by atoms with Crippen molar-refractivity contribution in [2.24, 2.45) is 17.8 Å². The first kappa shape index (κ1) is 52.0. The van der Waals surface area contributed by atoms with Gasteiger partial charge in [-0.05, 0) is 95.4 Å². The molecule has 2 fully saturated rings. The molecule has 2 rings (SSSR count). The molecule has 0 heterocycles. The Labute approximate surface area is 366 Å². The van der Waals surface area contributed by atoms with Crippen LogP contribution >= 0.6 is 23.5 Å². The number of rotatable bonds is 31. The zero-order chi connectivity index (χ0) is 35.8. The molecule has 0 saturated heterocycles. The molecule has 50 heavy (non-hydrogen) atoms. The molecule has 2 aliphatic carbocycles. The first-order valence-electron chi connectivity index (χ1n) is 21.6. The van der Waals surface area contributed by atoms with Gasteiger partial charge >= 0.3 is 51.4 Å². The van der Waals surface area contributed by atoms with Crippen LogP contribution in [0.1, 0.15) is 188 Å². The largest absolute Gasteiger partial charge is 1.00 e. The molecule has 0 bridgehead atoms. The molecule has 0 aromatic carbocycles. The van der Waals surface area contributed by atoms with E-state index in [1.807, 2.05) is 0 Å². The van der Waals surface area contributed by atoms with E-state index in [4.69, 9.17) is 4.74 Å². The molecule has 0 N–H and O–H groups in total. The summed E-state index contributed by atoms with van der Waals surface area (Å²) in [5.41, 5.74) is 1.77. The molecule has 6 heteroatoms. The van der Waals surface area contributed by atoms with Crippen LogP contribution in [0, 0.1) is 17.8 Å². The maximum Gasteiger partial charge on any atom is 1.00 e. The first-order valence-corrected chi connectivity index (χ1v) is 23.6. The van der Waals surface area contributed by atoms with Crippen LogP contribution < -0.4 is 56.5 Å². The summed E-state index contributed by atoms with van der Waals surface area (Å²) in [6.07, 6.45) is 38.4. The SMILES string of the molecule is CCSC(CCC1CCC(C=C2CCC2)CC1SCCN(C)C)C(C)C.COCCCCCCCCCCCCCCCCCCCC[O-].[K+]. The number of hydrogen-bond donors (Lipinski definition) is 0. The number of unbranched alkanes of at least 4 members (excludes halogenated alkanes) is 17. The van der Waals surface area contributed by atoms with E-state index in [2.05, 4.69) is 69.4 Å². The molecule has 2 aliphatic rings. The molecule has 4 unspecified atom stereocenters. The average molecular weight is 764 g/mol. The Morgan fingerprint density at radius 3 is 1.74 bits per heavy atom. The van der Waals surface area contributed by atoms with Gasteiger partial charge < -0.3 is 14.7 Å². The van der Waals surface area contributed by atoms with Gasteiger partial charge in [-0.25, -0.2) is 0 Å². The van der Waals surface area contributed by atoms with E-state index in [0.29, 0.717) is 0 Å². The number of thioether (sulfide) groups is 2. The Bertz CT molecular complexity index is 711. The third-order valence-electron chi connectivity index (χ3n) is 11.0. The molecule has 292 valence electrons. The standard InChI is InChI=1S/C23H43NS2.C21H43O2.K/c1-6-25-22(18(2)3)13-12-21-11-10-20(16-19-8-7-9-19)17-23(21)26-15-14-24(4)5;1-23-21-19-17-15-13-11-9-7-5-3-2-4-6-8-10-12-14-16-18-20-22;/h16,18,20-23H,6-15,17H2,1-5H3;2-21H2,1H3;/q;-1;+1. The predicted molar refractivity (Wildman–Crippen MR) is 223 cm³/mol. The van der Waals surface area contributed by atoms with E-state index in [9.17, 15) is 5.11 Å². The fourth-order valence-corrected chi connectivity index (χ4v) is 10.4. The second-order valence-electron chi connectivity index (χ2n) is 16.1. The van der Waals surface area contributed by atoms with Gasteiger partial charge in [-0.15, -0.1) is 6.61 Å². The Morgan fingerprint density at radius 1 is 0.800 bits per heavy atom. The minimum absolute atomic E-state index is 0. The first-order chi connectivity index (χ1) is 23.9. The van der Waals surface area contributed by atoms with E-state index in [1.165, 1.54) is 172 Å². The van der Waals surface area contributed by atoms with Crippen LogP contribution in [0.2, 0.25) is 0 Å². The van der Waals surface area contributed by atoms with Crippen molar-refractivity contribution in [1.82, 2.24) is 4.90 Å². The second-order valence-corrected chi connectivity index (χ2v) is 19.0. The zero-order valence-electron chi connectivity index (χ0n) is 35.0. The normalized spacial score (nSPS) is 19.5. The Morgan fingerprint density at radius 2 is 1.32 bits per heavy atom. The molecule has 3 nitrogen and oxygen atoms in total. The van der Waals surface area contributed by atoms with Crippen LogP contribution in [0.25, 0.3) is 0 Å². The molecular formula is C44H86KNO2S2. The van der Waals surface area contributed by atoms with Gasteiger partial charge in [0.1, 0.15) is 0 Å². The quantitative estimate of drug-likeness (QED) is 0.0400. The van der Waals surface area contributed by atoms with Gasteiger partial charge in [-0.2, -0.15) is 23.5 Å². The smallest absolute Gasteiger partial charge is 0.854 e. The van der Waals surface area contributed by atoms with E-state index in [-0.39, 0.29) is 58.0 Å². The number of allylic oxidation sites excluding steroid dienone is 2. The minimum atomic E-state index is 0. The van der Waals surface area contributed by atoms with Crippen molar-refractivity contribution < 1.29 is 61.2 Å². The van der Waals surface area contributed by atoms with Crippen LogP contribution in [-0.2, 0) is 4.74 Å². The van der Waals surface area contributed by atoms with Gasteiger partial charge in [-0.3, -0.25) is 0 Å². The monoisotopic (exact) mass is 764 g/mol. The molecule has 0 amide bonds. The molecular weight excluding hydrogens is 678 g/mol. The summed E-state index contributed by atoms with van der Waals surface area (Å²) >= 11 is 4.48. The third-order valence-corrected chi connectivity index (χ3v) is 14.0. The van der Waals surface area contributed by atoms with Gasteiger partial charge in [0.2, 0.25) is 0 Å². The zero-order valence-corrected chi connectivity index (χ0v) is 39.7. The molecule has 4 atom stereocenters. The van der Waals surface area contributed by atoms with Crippen LogP contribution in [0.5, 0.6) is 0 Å². The van der Waals surface area contributed by atoms with Crippen LogP contribution in [0.4, 0.5) is 0 Å². The summed E-state index contributed by atoms with van der Waals surface area (Å²) < 4.78 is 5.06. The van der Waals surface area contributed by atoms with Gasteiger partial charge in [0, 0.05) is 36.5 Å². The molecule has 0 radical (unpaired) electrons. The Hall–Kier alpha value is 1.96. The average Bonchev–Trinajstić information content (AvgIpc) is 3.06. The Kier molecular flexibility index (Phi) is 39.3. The van der Waals surface area contributed by atoms with Crippen LogP contribution in [0.3, 0.4) is 0 Å². The fraction of sp³-hybridized carbons (Fsp3) is 0.955. The van der Waals surface area contributed by atoms with Crippen molar-refractivity contribution in [3.63, 3.8) is 0 Å². The summed E-state index contributed by atoms with van der Waals surface area (Å²) in [7, 11) is 6.20. The molecule has 2 saturated carbocycles. The van der Waals surface area contributed by atoms with E-state index in [0.717, 1.165) is 47.7 Å². The molecule has 0 aliphatic heterocycles.